The van der Waals surface area contributed by atoms with Crippen LogP contribution in [-0.4, -0.2) is 51.8 Å². The molecule has 0 saturated heterocycles. The number of aliphatic carboxylic acids is 1. The highest BCUT2D eigenvalue weighted by molar-refractivity contribution is 8.00. The van der Waals surface area contributed by atoms with Gasteiger partial charge in [0.05, 0.1) is 12.1 Å². The molecule has 0 bridgehead atoms. The van der Waals surface area contributed by atoms with Crippen molar-refractivity contribution in [2.45, 2.75) is 108 Å². The number of rotatable bonds is 21. The van der Waals surface area contributed by atoms with Crippen LogP contribution in [0.5, 0.6) is 0 Å². The van der Waals surface area contributed by atoms with E-state index < -0.39 is 30.6 Å². The van der Waals surface area contributed by atoms with Crippen LogP contribution in [0.1, 0.15) is 90.9 Å². The summed E-state index contributed by atoms with van der Waals surface area (Å²) in [4.78, 5) is 22.4. The monoisotopic (exact) mass is 470 g/mol. The van der Waals surface area contributed by atoms with Crippen LogP contribution in [0.3, 0.4) is 0 Å². The molecule has 0 aromatic heterocycles. The first-order chi connectivity index (χ1) is 15.4. The molecule has 0 aromatic rings. The maximum Gasteiger partial charge on any atom is 0.322 e. The summed E-state index contributed by atoms with van der Waals surface area (Å²) in [6.07, 6.45) is 21.8. The van der Waals surface area contributed by atoms with Gasteiger partial charge in [-0.1, -0.05) is 95.9 Å². The van der Waals surface area contributed by atoms with Crippen LogP contribution < -0.4 is 11.1 Å². The van der Waals surface area contributed by atoms with E-state index in [4.69, 9.17) is 10.8 Å². The number of hydrogen-bond acceptors (Lipinski definition) is 5. The molecule has 5 N–H and O–H groups in total. The fourth-order valence-electron chi connectivity index (χ4n) is 3.20. The lowest BCUT2D eigenvalue weighted by Gasteiger charge is -2.21. The lowest BCUT2D eigenvalue weighted by Crippen LogP contribution is -2.44. The zero-order chi connectivity index (χ0) is 24.0. The number of nitrogens with two attached hydrogens (primary N) is 1. The van der Waals surface area contributed by atoms with Gasteiger partial charge >= 0.3 is 5.97 Å². The Labute approximate surface area is 199 Å². The Morgan fingerprint density at radius 3 is 2.22 bits per heavy atom. The number of aliphatic hydroxyl groups excluding tert-OH is 1. The summed E-state index contributed by atoms with van der Waals surface area (Å²) >= 11 is 1.43. The van der Waals surface area contributed by atoms with Crippen LogP contribution in [-0.2, 0) is 9.59 Å². The van der Waals surface area contributed by atoms with Crippen LogP contribution in [0.2, 0.25) is 0 Å². The van der Waals surface area contributed by atoms with Gasteiger partial charge in [0.15, 0.2) is 0 Å². The van der Waals surface area contributed by atoms with Crippen molar-refractivity contribution < 1.29 is 19.8 Å². The molecule has 0 spiro atoms. The number of hydrogen-bond donors (Lipinski definition) is 4. The zero-order valence-corrected chi connectivity index (χ0v) is 21.0. The maximum absolute atomic E-state index is 11.9. The molecule has 32 heavy (non-hydrogen) atoms. The van der Waals surface area contributed by atoms with Gasteiger partial charge in [0.25, 0.3) is 0 Å². The van der Waals surface area contributed by atoms with Crippen molar-refractivity contribution in [3.63, 3.8) is 0 Å². The van der Waals surface area contributed by atoms with E-state index in [0.29, 0.717) is 12.2 Å². The summed E-state index contributed by atoms with van der Waals surface area (Å²) in [6, 6.07) is -0.814. The number of carboxylic acid groups (broad SMARTS) is 1. The van der Waals surface area contributed by atoms with Gasteiger partial charge in [-0.25, -0.2) is 0 Å². The molecule has 0 saturated carbocycles. The van der Waals surface area contributed by atoms with Gasteiger partial charge in [-0.2, -0.15) is 0 Å². The predicted molar refractivity (Wildman–Crippen MR) is 136 cm³/mol. The third-order valence-electron chi connectivity index (χ3n) is 5.22. The largest absolute Gasteiger partial charge is 0.480 e. The highest BCUT2D eigenvalue weighted by Crippen LogP contribution is 2.21. The minimum atomic E-state index is -1.10. The molecule has 6 nitrogen and oxygen atoms in total. The third kappa shape index (κ3) is 18.3. The van der Waals surface area contributed by atoms with E-state index in [1.807, 2.05) is 18.2 Å². The molecule has 0 heterocycles. The van der Waals surface area contributed by atoms with Crippen LogP contribution in [0, 0.1) is 0 Å². The topological polar surface area (TPSA) is 113 Å². The summed E-state index contributed by atoms with van der Waals surface area (Å²) < 4.78 is 0. The van der Waals surface area contributed by atoms with E-state index in [9.17, 15) is 14.7 Å². The Bertz CT molecular complexity index is 540. The second-order valence-corrected chi connectivity index (χ2v) is 9.51. The average molecular weight is 471 g/mol. The van der Waals surface area contributed by atoms with Gasteiger partial charge in [-0.05, 0) is 19.3 Å². The molecular weight excluding hydrogens is 424 g/mol. The summed E-state index contributed by atoms with van der Waals surface area (Å²) in [5.41, 5.74) is 5.87. The number of carboxylic acids is 1. The van der Waals surface area contributed by atoms with E-state index in [0.717, 1.165) is 19.3 Å². The molecule has 1 unspecified atom stereocenters. The lowest BCUT2D eigenvalue weighted by molar-refractivity contribution is -0.138. The van der Waals surface area contributed by atoms with Gasteiger partial charge < -0.3 is 21.3 Å². The Morgan fingerprint density at radius 1 is 0.969 bits per heavy atom. The quantitative estimate of drug-likeness (QED) is 0.141. The molecule has 0 radical (unpaired) electrons. The van der Waals surface area contributed by atoms with Crippen molar-refractivity contribution in [1.29, 1.82) is 0 Å². The molecule has 1 amide bonds. The summed E-state index contributed by atoms with van der Waals surface area (Å²) in [6.45, 7) is 3.89. The number of unbranched alkanes of at least 4 members (excludes halogenated alkanes) is 9. The first-order valence-corrected chi connectivity index (χ1v) is 13.3. The Hall–Kier alpha value is -1.31. The van der Waals surface area contributed by atoms with Crippen LogP contribution >= 0.6 is 11.8 Å². The van der Waals surface area contributed by atoms with E-state index in [2.05, 4.69) is 25.2 Å². The maximum atomic E-state index is 11.9. The first-order valence-electron chi connectivity index (χ1n) is 12.3. The normalized spacial score (nSPS) is 14.6. The number of nitrogens with one attached hydrogen (secondary N) is 1. The smallest absolute Gasteiger partial charge is 0.322 e. The molecule has 7 heteroatoms. The molecular formula is C25H46N2O4S. The minimum absolute atomic E-state index is 0.160. The number of allylic oxidation sites excluding steroid dienone is 3. The SMILES string of the molecule is CCCCCCCCCCC=CC=C[C@H](SCC(N)C(=O)NCC(=O)O)[C@H](O)CCCC. The number of carbonyl (C=O) groups excluding carboxylic acids is 1. The number of amides is 1. The van der Waals surface area contributed by atoms with Crippen molar-refractivity contribution in [3.05, 3.63) is 24.3 Å². The third-order valence-corrected chi connectivity index (χ3v) is 6.63. The fourth-order valence-corrected chi connectivity index (χ4v) is 4.34. The molecule has 0 aliphatic carbocycles. The highest BCUT2D eigenvalue weighted by atomic mass is 32.2. The van der Waals surface area contributed by atoms with E-state index in [1.54, 1.807) is 0 Å². The highest BCUT2D eigenvalue weighted by Gasteiger charge is 2.20. The van der Waals surface area contributed by atoms with Crippen molar-refractivity contribution in [2.24, 2.45) is 5.73 Å². The summed E-state index contributed by atoms with van der Waals surface area (Å²) in [7, 11) is 0. The van der Waals surface area contributed by atoms with Crippen molar-refractivity contribution >= 4 is 23.6 Å². The van der Waals surface area contributed by atoms with Gasteiger partial charge in [0.1, 0.15) is 6.54 Å². The van der Waals surface area contributed by atoms with Crippen molar-refractivity contribution in [1.82, 2.24) is 5.32 Å². The van der Waals surface area contributed by atoms with Gasteiger partial charge in [0.2, 0.25) is 5.91 Å². The van der Waals surface area contributed by atoms with E-state index >= 15 is 0 Å². The van der Waals surface area contributed by atoms with Gasteiger partial charge in [-0.15, -0.1) is 11.8 Å². The fraction of sp³-hybridized carbons (Fsp3) is 0.760. The van der Waals surface area contributed by atoms with E-state index in [1.165, 1.54) is 63.1 Å². The second kappa shape index (κ2) is 21.5. The van der Waals surface area contributed by atoms with Crippen LogP contribution in [0.15, 0.2) is 24.3 Å². The predicted octanol–water partition coefficient (Wildman–Crippen LogP) is 4.81. The number of aliphatic hydroxyl groups is 1. The van der Waals surface area contributed by atoms with Crippen LogP contribution in [0.4, 0.5) is 0 Å². The second-order valence-electron chi connectivity index (χ2n) is 8.30. The number of thioether (sulfide) groups is 1. The molecule has 0 aliphatic rings. The Kier molecular flexibility index (Phi) is 20.6. The molecule has 186 valence electrons. The molecule has 0 aromatic carbocycles. The van der Waals surface area contributed by atoms with Crippen LogP contribution in [0.25, 0.3) is 0 Å². The first kappa shape index (κ1) is 30.7. The van der Waals surface area contributed by atoms with Crippen molar-refractivity contribution in [2.75, 3.05) is 12.3 Å². The molecule has 3 atom stereocenters. The van der Waals surface area contributed by atoms with E-state index in [-0.39, 0.29) is 5.25 Å². The Morgan fingerprint density at radius 2 is 1.59 bits per heavy atom. The van der Waals surface area contributed by atoms with Crippen molar-refractivity contribution in [3.8, 4) is 0 Å². The van der Waals surface area contributed by atoms with Gasteiger partial charge in [-0.3, -0.25) is 9.59 Å². The lowest BCUT2D eigenvalue weighted by atomic mass is 10.1. The molecule has 0 fully saturated rings. The number of carbonyl (C=O) groups is 2. The zero-order valence-electron chi connectivity index (χ0n) is 20.1. The molecule has 0 rings (SSSR count). The Balaban J connectivity index is 4.35. The minimum Gasteiger partial charge on any atom is -0.480 e. The average Bonchev–Trinajstić information content (AvgIpc) is 2.78. The summed E-state index contributed by atoms with van der Waals surface area (Å²) in [5, 5.41) is 21.3. The molecule has 0 aliphatic heterocycles. The summed E-state index contributed by atoms with van der Waals surface area (Å²) in [5.74, 6) is -1.28. The van der Waals surface area contributed by atoms with Gasteiger partial charge in [0, 0.05) is 11.0 Å². The standard InChI is InChI=1S/C25H46N2O4S/c1-3-5-7-8-9-10-11-12-13-14-15-16-18-23(22(28)17-6-4-2)32-20-21(26)25(31)27-19-24(29)30/h14-16,18,21-23,28H,3-13,17,19-20,26H2,1-2H3,(H,27,31)(H,29,30)/t21?,22-,23+/m1/s1.